The van der Waals surface area contributed by atoms with Gasteiger partial charge in [-0.25, -0.2) is 9.97 Å². The molecule has 3 heterocycles. The topological polar surface area (TPSA) is 71.0 Å². The van der Waals surface area contributed by atoms with Crippen molar-refractivity contribution in [3.63, 3.8) is 0 Å². The van der Waals surface area contributed by atoms with Gasteiger partial charge in [-0.1, -0.05) is 0 Å². The van der Waals surface area contributed by atoms with Crippen molar-refractivity contribution in [1.29, 1.82) is 0 Å². The molecule has 0 bridgehead atoms. The van der Waals surface area contributed by atoms with Gasteiger partial charge in [0.2, 0.25) is 0 Å². The fraction of sp³-hybridized carbons (Fsp3) is 0.474. The number of carbonyl (C=O) groups is 1. The zero-order valence-corrected chi connectivity index (χ0v) is 15.5. The quantitative estimate of drug-likeness (QED) is 0.846. The summed E-state index contributed by atoms with van der Waals surface area (Å²) in [5.41, 5.74) is -0.0252. The van der Waals surface area contributed by atoms with Gasteiger partial charge in [-0.15, -0.1) is 0 Å². The van der Waals surface area contributed by atoms with E-state index >= 15 is 0 Å². The number of aromatic nitrogens is 3. The molecule has 2 aromatic rings. The summed E-state index contributed by atoms with van der Waals surface area (Å²) in [5, 5.41) is 3.34. The normalized spacial score (nSPS) is 15.6. The molecule has 1 aliphatic heterocycles. The number of hydrogen-bond acceptors (Lipinski definition) is 5. The molecule has 0 radical (unpaired) electrons. The van der Waals surface area contributed by atoms with E-state index < -0.39 is 11.9 Å². The molecule has 0 saturated carbocycles. The molecule has 2 aromatic heterocycles. The number of piperidine rings is 1. The minimum atomic E-state index is -4.47. The SMILES string of the molecule is Cc1cc(C(F)(F)F)nc(CCNC2CCN(C(=O)c3cccnc3)CC2)n1. The van der Waals surface area contributed by atoms with E-state index in [1.165, 1.54) is 6.92 Å². The summed E-state index contributed by atoms with van der Waals surface area (Å²) >= 11 is 0. The predicted octanol–water partition coefficient (Wildman–Crippen LogP) is 2.64. The van der Waals surface area contributed by atoms with Crippen LogP contribution >= 0.6 is 0 Å². The van der Waals surface area contributed by atoms with E-state index in [4.69, 9.17) is 0 Å². The van der Waals surface area contributed by atoms with Gasteiger partial charge in [0.05, 0.1) is 5.56 Å². The molecule has 0 aromatic carbocycles. The molecule has 0 aliphatic carbocycles. The van der Waals surface area contributed by atoms with Crippen LogP contribution in [-0.4, -0.2) is 51.4 Å². The monoisotopic (exact) mass is 393 g/mol. The van der Waals surface area contributed by atoms with E-state index in [2.05, 4.69) is 20.3 Å². The van der Waals surface area contributed by atoms with Crippen LogP contribution in [0.5, 0.6) is 0 Å². The van der Waals surface area contributed by atoms with Gasteiger partial charge in [0.1, 0.15) is 11.5 Å². The second kappa shape index (κ2) is 8.64. The van der Waals surface area contributed by atoms with Crippen LogP contribution in [0.15, 0.2) is 30.6 Å². The molecule has 150 valence electrons. The van der Waals surface area contributed by atoms with Gasteiger partial charge in [0, 0.05) is 50.2 Å². The summed E-state index contributed by atoms with van der Waals surface area (Å²) in [6.07, 6.45) is 0.609. The van der Waals surface area contributed by atoms with Crippen LogP contribution in [-0.2, 0) is 12.6 Å². The third-order valence-corrected chi connectivity index (χ3v) is 4.66. The Morgan fingerprint density at radius 3 is 2.68 bits per heavy atom. The largest absolute Gasteiger partial charge is 0.433 e. The summed E-state index contributed by atoms with van der Waals surface area (Å²) < 4.78 is 38.5. The maximum atomic E-state index is 12.8. The molecule has 1 aliphatic rings. The van der Waals surface area contributed by atoms with Gasteiger partial charge in [0.25, 0.3) is 5.91 Å². The Kier molecular flexibility index (Phi) is 6.23. The van der Waals surface area contributed by atoms with Crippen molar-refractivity contribution in [1.82, 2.24) is 25.2 Å². The van der Waals surface area contributed by atoms with Crippen LogP contribution in [0.2, 0.25) is 0 Å². The van der Waals surface area contributed by atoms with Gasteiger partial charge in [0.15, 0.2) is 0 Å². The highest BCUT2D eigenvalue weighted by atomic mass is 19.4. The van der Waals surface area contributed by atoms with E-state index in [1.807, 2.05) is 0 Å². The van der Waals surface area contributed by atoms with Crippen molar-refractivity contribution >= 4 is 5.91 Å². The second-order valence-corrected chi connectivity index (χ2v) is 6.82. The molecule has 1 amide bonds. The number of likely N-dealkylation sites (tertiary alicyclic amines) is 1. The van der Waals surface area contributed by atoms with Crippen LogP contribution < -0.4 is 5.32 Å². The first-order valence-corrected chi connectivity index (χ1v) is 9.17. The number of amides is 1. The van der Waals surface area contributed by atoms with E-state index in [0.717, 1.165) is 18.9 Å². The fourth-order valence-electron chi connectivity index (χ4n) is 3.23. The minimum Gasteiger partial charge on any atom is -0.338 e. The molecule has 1 fully saturated rings. The van der Waals surface area contributed by atoms with Gasteiger partial charge in [-0.3, -0.25) is 9.78 Å². The third kappa shape index (κ3) is 5.25. The summed E-state index contributed by atoms with van der Waals surface area (Å²) in [6.45, 7) is 3.28. The Bertz CT molecular complexity index is 805. The highest BCUT2D eigenvalue weighted by Crippen LogP contribution is 2.27. The van der Waals surface area contributed by atoms with E-state index in [-0.39, 0.29) is 17.8 Å². The Balaban J connectivity index is 1.46. The van der Waals surface area contributed by atoms with Crippen LogP contribution in [0.1, 0.15) is 40.4 Å². The number of nitrogens with one attached hydrogen (secondary N) is 1. The van der Waals surface area contributed by atoms with E-state index in [9.17, 15) is 18.0 Å². The van der Waals surface area contributed by atoms with Crippen molar-refractivity contribution in [3.05, 3.63) is 53.4 Å². The summed E-state index contributed by atoms with van der Waals surface area (Å²) in [6, 6.07) is 4.65. The maximum Gasteiger partial charge on any atom is 0.433 e. The van der Waals surface area contributed by atoms with Crippen LogP contribution in [0.3, 0.4) is 0 Å². The van der Waals surface area contributed by atoms with Gasteiger partial charge >= 0.3 is 6.18 Å². The summed E-state index contributed by atoms with van der Waals surface area (Å²) in [5.74, 6) is 0.156. The smallest absolute Gasteiger partial charge is 0.338 e. The van der Waals surface area contributed by atoms with Crippen LogP contribution in [0.4, 0.5) is 13.2 Å². The number of hydrogen-bond donors (Lipinski definition) is 1. The predicted molar refractivity (Wildman–Crippen MR) is 96.6 cm³/mol. The van der Waals surface area contributed by atoms with E-state index in [1.54, 1.807) is 29.4 Å². The molecule has 6 nitrogen and oxygen atoms in total. The van der Waals surface area contributed by atoms with Gasteiger partial charge in [-0.05, 0) is 38.0 Å². The van der Waals surface area contributed by atoms with Crippen molar-refractivity contribution in [2.45, 2.75) is 38.4 Å². The lowest BCUT2D eigenvalue weighted by Gasteiger charge is -2.32. The van der Waals surface area contributed by atoms with Crippen molar-refractivity contribution in [2.75, 3.05) is 19.6 Å². The van der Waals surface area contributed by atoms with Crippen molar-refractivity contribution < 1.29 is 18.0 Å². The van der Waals surface area contributed by atoms with Crippen molar-refractivity contribution in [2.24, 2.45) is 0 Å². The van der Waals surface area contributed by atoms with Crippen LogP contribution in [0.25, 0.3) is 0 Å². The molecule has 1 saturated heterocycles. The molecule has 9 heteroatoms. The Morgan fingerprint density at radius 1 is 1.29 bits per heavy atom. The minimum absolute atomic E-state index is 0.0283. The lowest BCUT2D eigenvalue weighted by Crippen LogP contribution is -2.45. The number of carbonyl (C=O) groups excluding carboxylic acids is 1. The molecular formula is C19H22F3N5O. The average Bonchev–Trinajstić information content (AvgIpc) is 2.67. The highest BCUT2D eigenvalue weighted by molar-refractivity contribution is 5.93. The third-order valence-electron chi connectivity index (χ3n) is 4.66. The average molecular weight is 393 g/mol. The summed E-state index contributed by atoms with van der Waals surface area (Å²) in [4.78, 5) is 25.9. The van der Waals surface area contributed by atoms with Gasteiger partial charge in [-0.2, -0.15) is 13.2 Å². The Hall–Kier alpha value is -2.55. The lowest BCUT2D eigenvalue weighted by atomic mass is 10.0. The fourth-order valence-corrected chi connectivity index (χ4v) is 3.23. The molecular weight excluding hydrogens is 371 g/mol. The zero-order valence-electron chi connectivity index (χ0n) is 15.5. The zero-order chi connectivity index (χ0) is 20.1. The highest BCUT2D eigenvalue weighted by Gasteiger charge is 2.33. The van der Waals surface area contributed by atoms with E-state index in [0.29, 0.717) is 37.3 Å². The molecule has 3 rings (SSSR count). The second-order valence-electron chi connectivity index (χ2n) is 6.82. The Labute approximate surface area is 161 Å². The molecule has 0 unspecified atom stereocenters. The first-order chi connectivity index (χ1) is 13.3. The lowest BCUT2D eigenvalue weighted by molar-refractivity contribution is -0.141. The first kappa shape index (κ1) is 20.2. The molecule has 28 heavy (non-hydrogen) atoms. The Morgan fingerprint density at radius 2 is 2.04 bits per heavy atom. The number of halogens is 3. The van der Waals surface area contributed by atoms with Crippen LogP contribution in [0, 0.1) is 6.92 Å². The maximum absolute atomic E-state index is 12.8. The number of pyridine rings is 1. The molecule has 1 N–H and O–H groups in total. The number of alkyl halides is 3. The molecule has 0 atom stereocenters. The van der Waals surface area contributed by atoms with Crippen molar-refractivity contribution in [3.8, 4) is 0 Å². The standard InChI is InChI=1S/C19H22F3N5O/c1-13-11-16(19(20,21)22)26-17(25-13)4-8-24-15-5-9-27(10-6-15)18(28)14-3-2-7-23-12-14/h2-3,7,11-12,15,24H,4-6,8-10H2,1H3. The number of nitrogens with zero attached hydrogens (tertiary/aromatic N) is 4. The number of rotatable bonds is 5. The summed E-state index contributed by atoms with van der Waals surface area (Å²) in [7, 11) is 0. The number of aryl methyl sites for hydroxylation is 1. The first-order valence-electron chi connectivity index (χ1n) is 9.17. The molecule has 0 spiro atoms. The van der Waals surface area contributed by atoms with Gasteiger partial charge < -0.3 is 10.2 Å².